The monoisotopic (exact) mass is 386 g/mol. The topological polar surface area (TPSA) is 86.8 Å². The van der Waals surface area contributed by atoms with Crippen LogP contribution in [0.4, 0.5) is 20.4 Å². The minimum Gasteiger partial charge on any atom is -0.367 e. The zero-order valence-electron chi connectivity index (χ0n) is 15.1. The Hall–Kier alpha value is -3.10. The summed E-state index contributed by atoms with van der Waals surface area (Å²) < 4.78 is 26.4. The van der Waals surface area contributed by atoms with Crippen LogP contribution in [0.1, 0.15) is 31.5 Å². The molecule has 1 aliphatic rings. The summed E-state index contributed by atoms with van der Waals surface area (Å²) in [5.41, 5.74) is 0.237. The third-order valence-corrected chi connectivity index (χ3v) is 4.91. The van der Waals surface area contributed by atoms with Gasteiger partial charge in [-0.05, 0) is 37.5 Å². The molecule has 7 nitrogen and oxygen atoms in total. The van der Waals surface area contributed by atoms with Crippen molar-refractivity contribution in [3.63, 3.8) is 0 Å². The fourth-order valence-electron chi connectivity index (χ4n) is 3.55. The van der Waals surface area contributed by atoms with Crippen LogP contribution in [-0.2, 0) is 0 Å². The first-order chi connectivity index (χ1) is 13.6. The Morgan fingerprint density at radius 2 is 2.04 bits per heavy atom. The van der Waals surface area contributed by atoms with Gasteiger partial charge in [0.15, 0.2) is 5.82 Å². The van der Waals surface area contributed by atoms with Crippen LogP contribution in [0.15, 0.2) is 41.2 Å². The molecule has 28 heavy (non-hydrogen) atoms. The number of piperidine rings is 1. The molecule has 0 amide bonds. The number of alkyl halides is 2. The first kappa shape index (κ1) is 18.3. The zero-order valence-corrected chi connectivity index (χ0v) is 15.1. The fraction of sp³-hybridized carbons (Fsp3) is 0.368. The molecule has 1 saturated heterocycles. The van der Waals surface area contributed by atoms with E-state index in [-0.39, 0.29) is 11.6 Å². The van der Waals surface area contributed by atoms with E-state index >= 15 is 0 Å². The van der Waals surface area contributed by atoms with Gasteiger partial charge < -0.3 is 10.2 Å². The van der Waals surface area contributed by atoms with E-state index in [1.807, 2.05) is 12.1 Å². The van der Waals surface area contributed by atoms with E-state index in [0.29, 0.717) is 29.1 Å². The van der Waals surface area contributed by atoms with Crippen molar-refractivity contribution in [1.82, 2.24) is 20.2 Å². The Bertz CT molecular complexity index is 1000. The summed E-state index contributed by atoms with van der Waals surface area (Å²) in [7, 11) is 0. The standard InChI is InChI=1S/C19H20F2N6O/c20-17(21)19-23-14-7-2-1-6-13(14)18(24-19)22-11-12-5-3-4-10-27(12)15-8-9-16(28)26-25-15/h1-2,6-9,12,17H,3-5,10-11H2,(H,26,28)(H,22,23,24). The van der Waals surface area contributed by atoms with Crippen LogP contribution in [0, 0.1) is 0 Å². The second kappa shape index (κ2) is 7.87. The molecule has 146 valence electrons. The van der Waals surface area contributed by atoms with Gasteiger partial charge in [0, 0.05) is 30.6 Å². The normalized spacial score (nSPS) is 17.2. The molecule has 2 N–H and O–H groups in total. The number of halogens is 2. The van der Waals surface area contributed by atoms with Gasteiger partial charge in [0.05, 0.1) is 5.52 Å². The van der Waals surface area contributed by atoms with E-state index in [9.17, 15) is 13.6 Å². The molecule has 3 heterocycles. The summed E-state index contributed by atoms with van der Waals surface area (Å²) in [6.45, 7) is 1.34. The van der Waals surface area contributed by atoms with Crippen LogP contribution in [0.2, 0.25) is 0 Å². The van der Waals surface area contributed by atoms with Gasteiger partial charge >= 0.3 is 0 Å². The summed E-state index contributed by atoms with van der Waals surface area (Å²) >= 11 is 0. The Kier molecular flexibility index (Phi) is 5.14. The van der Waals surface area contributed by atoms with E-state index in [1.54, 1.807) is 18.2 Å². The van der Waals surface area contributed by atoms with Crippen LogP contribution in [-0.4, -0.2) is 39.3 Å². The van der Waals surface area contributed by atoms with Gasteiger partial charge in [0.1, 0.15) is 11.6 Å². The van der Waals surface area contributed by atoms with Crippen LogP contribution in [0.5, 0.6) is 0 Å². The quantitative estimate of drug-likeness (QED) is 0.701. The maximum absolute atomic E-state index is 13.2. The number of para-hydroxylation sites is 1. The predicted molar refractivity (Wildman–Crippen MR) is 103 cm³/mol. The first-order valence-electron chi connectivity index (χ1n) is 9.23. The molecule has 4 rings (SSSR count). The third kappa shape index (κ3) is 3.78. The lowest BCUT2D eigenvalue weighted by Crippen LogP contribution is -2.44. The van der Waals surface area contributed by atoms with Crippen molar-refractivity contribution < 1.29 is 8.78 Å². The molecule has 0 bridgehead atoms. The SMILES string of the molecule is O=c1ccc(N2CCCCC2CNc2nc(C(F)F)nc3ccccc23)n[nH]1. The highest BCUT2D eigenvalue weighted by molar-refractivity contribution is 5.89. The molecular formula is C19H20F2N6O. The molecule has 1 unspecified atom stereocenters. The fourth-order valence-corrected chi connectivity index (χ4v) is 3.55. The van der Waals surface area contributed by atoms with Gasteiger partial charge in [-0.25, -0.2) is 23.8 Å². The third-order valence-electron chi connectivity index (χ3n) is 4.91. The van der Waals surface area contributed by atoms with Gasteiger partial charge in [-0.2, -0.15) is 5.10 Å². The summed E-state index contributed by atoms with van der Waals surface area (Å²) in [6, 6.07) is 10.4. The Morgan fingerprint density at radius 3 is 2.82 bits per heavy atom. The van der Waals surface area contributed by atoms with Crippen LogP contribution >= 0.6 is 0 Å². The smallest absolute Gasteiger partial charge is 0.297 e. The lowest BCUT2D eigenvalue weighted by atomic mass is 10.0. The van der Waals surface area contributed by atoms with E-state index in [0.717, 1.165) is 25.8 Å². The number of anilines is 2. The molecule has 0 saturated carbocycles. The number of H-pyrrole nitrogens is 1. The van der Waals surface area contributed by atoms with Gasteiger partial charge in [-0.15, -0.1) is 0 Å². The van der Waals surface area contributed by atoms with E-state index < -0.39 is 12.2 Å². The molecule has 3 aromatic rings. The maximum atomic E-state index is 13.2. The Balaban J connectivity index is 1.58. The summed E-state index contributed by atoms with van der Waals surface area (Å²) in [5, 5.41) is 10.5. The molecule has 1 fully saturated rings. The average molecular weight is 386 g/mol. The van der Waals surface area contributed by atoms with Crippen molar-refractivity contribution in [1.29, 1.82) is 0 Å². The molecule has 9 heteroatoms. The van der Waals surface area contributed by atoms with Crippen molar-refractivity contribution >= 4 is 22.5 Å². The van der Waals surface area contributed by atoms with E-state index in [1.165, 1.54) is 6.07 Å². The van der Waals surface area contributed by atoms with Crippen molar-refractivity contribution in [3.8, 4) is 0 Å². The average Bonchev–Trinajstić information content (AvgIpc) is 2.72. The Morgan fingerprint density at radius 1 is 1.18 bits per heavy atom. The number of nitrogens with zero attached hydrogens (tertiary/aromatic N) is 4. The van der Waals surface area contributed by atoms with Crippen LogP contribution < -0.4 is 15.8 Å². The number of hydrogen-bond donors (Lipinski definition) is 2. The molecular weight excluding hydrogens is 366 g/mol. The second-order valence-corrected chi connectivity index (χ2v) is 6.75. The highest BCUT2D eigenvalue weighted by Gasteiger charge is 2.24. The molecule has 1 aromatic carbocycles. The van der Waals surface area contributed by atoms with Gasteiger partial charge in [0.25, 0.3) is 12.0 Å². The number of rotatable bonds is 5. The highest BCUT2D eigenvalue weighted by Crippen LogP contribution is 2.26. The Labute approximate surface area is 159 Å². The second-order valence-electron chi connectivity index (χ2n) is 6.75. The first-order valence-corrected chi connectivity index (χ1v) is 9.23. The summed E-state index contributed by atoms with van der Waals surface area (Å²) in [4.78, 5) is 21.4. The number of nitrogens with one attached hydrogen (secondary N) is 2. The van der Waals surface area contributed by atoms with Gasteiger partial charge in [0.2, 0.25) is 0 Å². The summed E-state index contributed by atoms with van der Waals surface area (Å²) in [5.74, 6) is 0.622. The number of benzene rings is 1. The van der Waals surface area contributed by atoms with E-state index in [4.69, 9.17) is 0 Å². The molecule has 0 radical (unpaired) electrons. The molecule has 2 aromatic heterocycles. The van der Waals surface area contributed by atoms with Crippen molar-refractivity contribution in [3.05, 3.63) is 52.6 Å². The van der Waals surface area contributed by atoms with E-state index in [2.05, 4.69) is 30.4 Å². The lowest BCUT2D eigenvalue weighted by molar-refractivity contribution is 0.141. The number of fused-ring (bicyclic) bond motifs is 1. The number of aromatic amines is 1. The van der Waals surface area contributed by atoms with Gasteiger partial charge in [-0.3, -0.25) is 4.79 Å². The zero-order chi connectivity index (χ0) is 19.5. The molecule has 1 atom stereocenters. The minimum atomic E-state index is -2.73. The largest absolute Gasteiger partial charge is 0.367 e. The van der Waals surface area contributed by atoms with Crippen molar-refractivity contribution in [2.24, 2.45) is 0 Å². The van der Waals surface area contributed by atoms with Crippen molar-refractivity contribution in [2.75, 3.05) is 23.3 Å². The number of hydrogen-bond acceptors (Lipinski definition) is 6. The summed E-state index contributed by atoms with van der Waals surface area (Å²) in [6.07, 6.45) is 0.294. The number of aromatic nitrogens is 4. The molecule has 0 aliphatic carbocycles. The van der Waals surface area contributed by atoms with Crippen LogP contribution in [0.25, 0.3) is 10.9 Å². The molecule has 1 aliphatic heterocycles. The maximum Gasteiger partial charge on any atom is 0.297 e. The predicted octanol–water partition coefficient (Wildman–Crippen LogP) is 3.12. The molecule has 0 spiro atoms. The highest BCUT2D eigenvalue weighted by atomic mass is 19.3. The lowest BCUT2D eigenvalue weighted by Gasteiger charge is -2.36. The van der Waals surface area contributed by atoms with Crippen LogP contribution in [0.3, 0.4) is 0 Å². The minimum absolute atomic E-state index is 0.107. The van der Waals surface area contributed by atoms with Crippen molar-refractivity contribution in [2.45, 2.75) is 31.7 Å². The van der Waals surface area contributed by atoms with Gasteiger partial charge in [-0.1, -0.05) is 12.1 Å².